The Kier molecular flexibility index (Phi) is 14.8. The number of phenols is 1. The van der Waals surface area contributed by atoms with Gasteiger partial charge in [-0.3, -0.25) is 0 Å². The molecular weight excluding hydrogens is 771 g/mol. The number of rotatable bonds is 9. The maximum Gasteiger partial charge on any atom is 0.122 e. The molecule has 316 valence electrons. The van der Waals surface area contributed by atoms with Gasteiger partial charge in [0.05, 0.1) is 0 Å². The van der Waals surface area contributed by atoms with Crippen molar-refractivity contribution >= 4 is 24.4 Å². The highest BCUT2D eigenvalue weighted by Crippen LogP contribution is 2.43. The van der Waals surface area contributed by atoms with Gasteiger partial charge in [0.25, 0.3) is 0 Å². The lowest BCUT2D eigenvalue weighted by Gasteiger charge is -2.28. The van der Waals surface area contributed by atoms with Crippen molar-refractivity contribution in [2.45, 2.75) is 86.5 Å². The minimum atomic E-state index is 0.413. The van der Waals surface area contributed by atoms with Gasteiger partial charge in [0.15, 0.2) is 0 Å². The second-order valence-electron chi connectivity index (χ2n) is 16.0. The summed E-state index contributed by atoms with van der Waals surface area (Å²) in [6, 6.07) is 41.7. The Labute approximate surface area is 377 Å². The molecule has 0 saturated heterocycles. The summed E-state index contributed by atoms with van der Waals surface area (Å²) in [6.07, 6.45) is 9.40. The van der Waals surface area contributed by atoms with Gasteiger partial charge in [-0.25, -0.2) is 0 Å². The third kappa shape index (κ3) is 8.96. The lowest BCUT2D eigenvalue weighted by molar-refractivity contribution is 0.466. The molecule has 0 saturated carbocycles. The van der Waals surface area contributed by atoms with Crippen molar-refractivity contribution in [3.63, 3.8) is 0 Å². The van der Waals surface area contributed by atoms with E-state index in [2.05, 4.69) is 168 Å². The number of benzene rings is 7. The summed E-state index contributed by atoms with van der Waals surface area (Å²) in [4.78, 5) is 1.17. The molecule has 0 atom stereocenters. The van der Waals surface area contributed by atoms with Crippen LogP contribution in [0.25, 0.3) is 61.7 Å². The Morgan fingerprint density at radius 3 is 1.71 bits per heavy atom. The minimum absolute atomic E-state index is 0.413. The molecule has 8 rings (SSSR count). The first kappa shape index (κ1) is 45.5. The number of allylic oxidation sites excluding steroid dienone is 2. The van der Waals surface area contributed by atoms with Crippen LogP contribution in [-0.4, -0.2) is 12.2 Å². The van der Waals surface area contributed by atoms with Crippen molar-refractivity contribution in [1.82, 2.24) is 0 Å². The van der Waals surface area contributed by atoms with Gasteiger partial charge in [-0.05, 0) is 190 Å². The molecule has 0 radical (unpaired) electrons. The van der Waals surface area contributed by atoms with Gasteiger partial charge < -0.3 is 10.4 Å². The molecule has 0 aromatic heterocycles. The third-order valence-electron chi connectivity index (χ3n) is 12.8. The van der Waals surface area contributed by atoms with Gasteiger partial charge in [0.1, 0.15) is 5.75 Å². The Balaban J connectivity index is 0.000000256. The molecule has 7 aromatic carbocycles. The van der Waals surface area contributed by atoms with Crippen molar-refractivity contribution < 1.29 is 5.11 Å². The van der Waals surface area contributed by atoms with Crippen molar-refractivity contribution in [2.24, 2.45) is 0 Å². The van der Waals surface area contributed by atoms with Crippen LogP contribution in [-0.2, 0) is 19.3 Å². The van der Waals surface area contributed by atoms with Crippen molar-refractivity contribution in [2.75, 3.05) is 12.4 Å². The van der Waals surface area contributed by atoms with Crippen molar-refractivity contribution in [1.29, 1.82) is 0 Å². The smallest absolute Gasteiger partial charge is 0.122 e. The third-order valence-corrected chi connectivity index (χ3v) is 13.4. The molecular formula is C59H63NOS. The first-order valence-electron chi connectivity index (χ1n) is 22.1. The Morgan fingerprint density at radius 1 is 0.581 bits per heavy atom. The van der Waals surface area contributed by atoms with Crippen molar-refractivity contribution in [3.8, 4) is 61.4 Å². The SMILES string of the molecule is C=C/C=C\c1c(-c2ccc(-c3c(C)c(S)c4c(c3C)CC4)cc2)cccc1-c1ccc(CC)c(-c2ccccc2)c1.CC.CNc1ccc(-c2c(C)c(C)c(C)c(O)c2C)cc1. The van der Waals surface area contributed by atoms with E-state index >= 15 is 0 Å². The predicted octanol–water partition coefficient (Wildman–Crippen LogP) is 16.5. The molecule has 62 heavy (non-hydrogen) atoms. The molecule has 3 heteroatoms. The van der Waals surface area contributed by atoms with Crippen LogP contribution in [0.15, 0.2) is 139 Å². The second-order valence-corrected chi connectivity index (χ2v) is 16.5. The van der Waals surface area contributed by atoms with Crippen LogP contribution in [0, 0.1) is 41.5 Å². The number of aryl methyl sites for hydroxylation is 1. The fourth-order valence-corrected chi connectivity index (χ4v) is 9.35. The first-order valence-corrected chi connectivity index (χ1v) is 22.6. The largest absolute Gasteiger partial charge is 0.507 e. The number of aromatic hydroxyl groups is 1. The van der Waals surface area contributed by atoms with E-state index in [1.165, 1.54) is 88.3 Å². The summed E-state index contributed by atoms with van der Waals surface area (Å²) in [5.74, 6) is 0.413. The van der Waals surface area contributed by atoms with E-state index in [0.29, 0.717) is 5.75 Å². The fraction of sp³-hybridized carbons (Fsp3) is 0.220. The summed E-state index contributed by atoms with van der Waals surface area (Å²) >= 11 is 4.90. The van der Waals surface area contributed by atoms with Gasteiger partial charge in [0.2, 0.25) is 0 Å². The number of anilines is 1. The van der Waals surface area contributed by atoms with Gasteiger partial charge >= 0.3 is 0 Å². The molecule has 0 fully saturated rings. The van der Waals surface area contributed by atoms with E-state index < -0.39 is 0 Å². The molecule has 1 aliphatic carbocycles. The van der Waals surface area contributed by atoms with Crippen LogP contribution in [0.2, 0.25) is 0 Å². The molecule has 0 bridgehead atoms. The molecule has 7 aromatic rings. The summed E-state index contributed by atoms with van der Waals surface area (Å²) in [5.41, 5.74) is 25.9. The van der Waals surface area contributed by atoms with E-state index in [4.69, 9.17) is 12.6 Å². The van der Waals surface area contributed by atoms with Gasteiger partial charge in [-0.15, -0.1) is 12.6 Å². The summed E-state index contributed by atoms with van der Waals surface area (Å²) in [7, 11) is 1.91. The highest BCUT2D eigenvalue weighted by atomic mass is 32.1. The van der Waals surface area contributed by atoms with Crippen LogP contribution < -0.4 is 5.32 Å². The average Bonchev–Trinajstić information content (AvgIpc) is 3.30. The zero-order chi connectivity index (χ0) is 44.7. The molecule has 2 N–H and O–H groups in total. The number of nitrogens with one attached hydrogen (secondary N) is 1. The van der Waals surface area contributed by atoms with Crippen LogP contribution in [0.1, 0.15) is 76.4 Å². The average molecular weight is 834 g/mol. The summed E-state index contributed by atoms with van der Waals surface area (Å²) < 4.78 is 0. The first-order chi connectivity index (χ1) is 30.0. The quantitative estimate of drug-likeness (QED) is 0.1000. The number of phenolic OH excluding ortho intramolecular Hbond substituents is 1. The molecule has 0 amide bonds. The van der Waals surface area contributed by atoms with E-state index in [0.717, 1.165) is 52.8 Å². The maximum absolute atomic E-state index is 10.2. The number of fused-ring (bicyclic) bond motifs is 1. The lowest BCUT2D eigenvalue weighted by atomic mass is 9.79. The molecule has 0 unspecified atom stereocenters. The molecule has 0 spiro atoms. The predicted molar refractivity (Wildman–Crippen MR) is 274 cm³/mol. The van der Waals surface area contributed by atoms with Crippen LogP contribution in [0.3, 0.4) is 0 Å². The standard InChI is InChI=1S/C40H36S.C17H21NO.C2H6/c1-5-7-14-36-34(30-18-20-31(21-19-30)39-26(3)33-23-24-37(33)40(41)27(39)4)15-11-16-35(36)32-22-17-28(6-2)38(25-32)29-12-9-8-10-13-29;1-10-11(2)16(13(4)17(19)12(10)3)14-6-8-15(18-5)9-7-14;1-2/h5,7-22,25,41H,1,6,23-24H2,2-4H3;6-9,18-19H,1-5H3;1-2H3/b14-7-;;. The van der Waals surface area contributed by atoms with E-state index in [9.17, 15) is 5.11 Å². The highest BCUT2D eigenvalue weighted by molar-refractivity contribution is 7.80. The Hall–Kier alpha value is -6.03. The molecule has 0 heterocycles. The van der Waals surface area contributed by atoms with Gasteiger partial charge in [0, 0.05) is 17.6 Å². The fourth-order valence-electron chi connectivity index (χ4n) is 8.99. The number of hydrogen-bond acceptors (Lipinski definition) is 3. The maximum atomic E-state index is 10.2. The summed E-state index contributed by atoms with van der Waals surface area (Å²) in [5, 5.41) is 13.4. The molecule has 0 aliphatic heterocycles. The monoisotopic (exact) mass is 833 g/mol. The van der Waals surface area contributed by atoms with Crippen LogP contribution in [0.5, 0.6) is 5.75 Å². The zero-order valence-electron chi connectivity index (χ0n) is 38.4. The van der Waals surface area contributed by atoms with Gasteiger partial charge in [-0.2, -0.15) is 0 Å². The molecule has 1 aliphatic rings. The van der Waals surface area contributed by atoms with E-state index in [1.807, 2.05) is 46.9 Å². The lowest BCUT2D eigenvalue weighted by Crippen LogP contribution is -2.14. The Bertz CT molecular complexity index is 2690. The highest BCUT2D eigenvalue weighted by Gasteiger charge is 2.24. The normalized spacial score (nSPS) is 11.5. The number of hydrogen-bond donors (Lipinski definition) is 3. The Morgan fingerprint density at radius 2 is 1.13 bits per heavy atom. The van der Waals surface area contributed by atoms with Gasteiger partial charge in [-0.1, -0.05) is 143 Å². The van der Waals surface area contributed by atoms with Crippen LogP contribution >= 0.6 is 12.6 Å². The van der Waals surface area contributed by atoms with Crippen LogP contribution in [0.4, 0.5) is 5.69 Å². The van der Waals surface area contributed by atoms with E-state index in [1.54, 1.807) is 0 Å². The zero-order valence-corrected chi connectivity index (χ0v) is 39.3. The number of thiol groups is 1. The van der Waals surface area contributed by atoms with Crippen molar-refractivity contribution in [3.05, 3.63) is 190 Å². The molecule has 2 nitrogen and oxygen atoms in total. The minimum Gasteiger partial charge on any atom is -0.507 e. The topological polar surface area (TPSA) is 32.3 Å². The van der Waals surface area contributed by atoms with E-state index in [-0.39, 0.29) is 0 Å². The second kappa shape index (κ2) is 20.2. The summed E-state index contributed by atoms with van der Waals surface area (Å²) in [6.45, 7) is 22.8.